The molecule has 0 aromatic carbocycles. The predicted octanol–water partition coefficient (Wildman–Crippen LogP) is 2.18. The van der Waals surface area contributed by atoms with Crippen molar-refractivity contribution in [1.29, 1.82) is 0 Å². The molecule has 3 atom stereocenters. The maximum atomic E-state index is 13.0. The van der Waals surface area contributed by atoms with E-state index < -0.39 is 0 Å². The highest BCUT2D eigenvalue weighted by molar-refractivity contribution is 5.79. The van der Waals surface area contributed by atoms with Crippen LogP contribution in [0.25, 0.3) is 0 Å². The van der Waals surface area contributed by atoms with E-state index in [1.165, 1.54) is 12.8 Å². The molecule has 1 spiro atoms. The minimum atomic E-state index is 0.0271. The lowest BCUT2D eigenvalue weighted by Gasteiger charge is -2.42. The van der Waals surface area contributed by atoms with Crippen LogP contribution in [0.5, 0.6) is 0 Å². The molecule has 4 fully saturated rings. The molecule has 6 heteroatoms. The van der Waals surface area contributed by atoms with Crippen LogP contribution in [-0.4, -0.2) is 54.2 Å². The summed E-state index contributed by atoms with van der Waals surface area (Å²) in [6.07, 6.45) is 10.4. The summed E-state index contributed by atoms with van der Waals surface area (Å²) in [4.78, 5) is 26.6. The molecule has 6 nitrogen and oxygen atoms in total. The fourth-order valence-corrected chi connectivity index (χ4v) is 5.38. The van der Waals surface area contributed by atoms with Gasteiger partial charge in [-0.25, -0.2) is 4.79 Å². The van der Waals surface area contributed by atoms with Crippen LogP contribution in [0.2, 0.25) is 0 Å². The van der Waals surface area contributed by atoms with Gasteiger partial charge in [0, 0.05) is 44.1 Å². The Bertz CT molecular complexity index is 518. The van der Waals surface area contributed by atoms with Crippen molar-refractivity contribution in [2.75, 3.05) is 19.7 Å². The maximum absolute atomic E-state index is 13.0. The summed E-state index contributed by atoms with van der Waals surface area (Å²) in [5, 5.41) is 6.23. The van der Waals surface area contributed by atoms with Crippen LogP contribution in [0, 0.1) is 5.92 Å². The molecule has 2 N–H and O–H groups in total. The predicted molar refractivity (Wildman–Crippen MR) is 94.2 cm³/mol. The highest BCUT2D eigenvalue weighted by atomic mass is 16.5. The molecule has 3 heterocycles. The van der Waals surface area contributed by atoms with Crippen molar-refractivity contribution in [2.24, 2.45) is 5.92 Å². The molecule has 0 aromatic heterocycles. The lowest BCUT2D eigenvalue weighted by molar-refractivity contribution is -0.119. The number of nitrogens with one attached hydrogen (secondary N) is 2. The number of urea groups is 1. The minimum absolute atomic E-state index is 0.0271. The number of amides is 3. The Hall–Kier alpha value is -1.30. The zero-order valence-electron chi connectivity index (χ0n) is 15.1. The molecule has 0 unspecified atom stereocenters. The van der Waals surface area contributed by atoms with Crippen LogP contribution in [0.15, 0.2) is 0 Å². The van der Waals surface area contributed by atoms with Crippen molar-refractivity contribution in [3.63, 3.8) is 0 Å². The van der Waals surface area contributed by atoms with Crippen LogP contribution in [0.4, 0.5) is 4.79 Å². The zero-order chi connectivity index (χ0) is 17.3. The minimum Gasteiger partial charge on any atom is -0.375 e. The quantitative estimate of drug-likeness (QED) is 0.803. The van der Waals surface area contributed by atoms with Crippen LogP contribution in [-0.2, 0) is 9.53 Å². The van der Waals surface area contributed by atoms with E-state index in [-0.39, 0.29) is 35.5 Å². The Morgan fingerprint density at radius 1 is 1.20 bits per heavy atom. The smallest absolute Gasteiger partial charge is 0.317 e. The van der Waals surface area contributed by atoms with Gasteiger partial charge in [-0.1, -0.05) is 12.8 Å². The molecule has 3 saturated heterocycles. The van der Waals surface area contributed by atoms with E-state index in [1.54, 1.807) is 0 Å². The molecule has 1 saturated carbocycles. The third kappa shape index (κ3) is 3.64. The van der Waals surface area contributed by atoms with Gasteiger partial charge in [0.25, 0.3) is 0 Å². The topological polar surface area (TPSA) is 70.7 Å². The number of carbonyl (C=O) groups excluding carboxylic acids is 2. The Balaban J connectivity index is 1.38. The molecule has 3 aliphatic heterocycles. The largest absolute Gasteiger partial charge is 0.375 e. The lowest BCUT2D eigenvalue weighted by atomic mass is 9.88. The number of piperidine rings is 1. The van der Waals surface area contributed by atoms with E-state index in [4.69, 9.17) is 4.74 Å². The summed E-state index contributed by atoms with van der Waals surface area (Å²) in [5.74, 6) is 0.401. The highest BCUT2D eigenvalue weighted by Crippen LogP contribution is 2.40. The van der Waals surface area contributed by atoms with Gasteiger partial charge in [-0.05, 0) is 44.9 Å². The van der Waals surface area contributed by atoms with Crippen molar-refractivity contribution >= 4 is 11.9 Å². The molecule has 0 radical (unpaired) electrons. The molecule has 0 bridgehead atoms. The van der Waals surface area contributed by atoms with Crippen molar-refractivity contribution in [2.45, 2.75) is 81.9 Å². The summed E-state index contributed by atoms with van der Waals surface area (Å²) in [7, 11) is 0. The fraction of sp³-hybridized carbons (Fsp3) is 0.895. The average Bonchev–Trinajstić information content (AvgIpc) is 3.24. The monoisotopic (exact) mass is 349 g/mol. The second kappa shape index (κ2) is 7.14. The molecule has 4 rings (SSSR count). The number of nitrogens with zero attached hydrogens (tertiary/aromatic N) is 1. The number of hydrogen-bond donors (Lipinski definition) is 2. The molecule has 140 valence electrons. The standard InChI is InChI=1S/C19H31N3O3/c23-17-11-14(13-20-17)16-5-1-4-9-22(16)18(24)21-15-6-10-25-19(12-15)7-2-3-8-19/h14-16H,1-13H2,(H,20,23)(H,21,24)/t14-,15-,16-/m0/s1. The first-order valence-corrected chi connectivity index (χ1v) is 10.1. The Kier molecular flexibility index (Phi) is 4.89. The van der Waals surface area contributed by atoms with E-state index in [1.807, 2.05) is 4.90 Å². The molecular weight excluding hydrogens is 318 g/mol. The van der Waals surface area contributed by atoms with Crippen LogP contribution in [0.3, 0.4) is 0 Å². The summed E-state index contributed by atoms with van der Waals surface area (Å²) < 4.78 is 6.09. The number of hydrogen-bond acceptors (Lipinski definition) is 3. The summed E-state index contributed by atoms with van der Waals surface area (Å²) >= 11 is 0. The van der Waals surface area contributed by atoms with E-state index in [0.29, 0.717) is 13.0 Å². The second-order valence-electron chi connectivity index (χ2n) is 8.40. The Morgan fingerprint density at radius 2 is 2.04 bits per heavy atom. The third-order valence-corrected chi connectivity index (χ3v) is 6.70. The van der Waals surface area contributed by atoms with Gasteiger partial charge in [-0.15, -0.1) is 0 Å². The van der Waals surface area contributed by atoms with E-state index in [0.717, 1.165) is 58.1 Å². The summed E-state index contributed by atoms with van der Waals surface area (Å²) in [6, 6.07) is 0.502. The van der Waals surface area contributed by atoms with E-state index in [2.05, 4.69) is 10.6 Å². The lowest BCUT2D eigenvalue weighted by Crippen LogP contribution is -2.56. The first-order valence-electron chi connectivity index (χ1n) is 10.1. The SMILES string of the molecule is O=C1C[C@H]([C@@H]2CCCCN2C(=O)N[C@H]2CCOC3(CCCC3)C2)CN1. The number of carbonyl (C=O) groups is 2. The van der Waals surface area contributed by atoms with Gasteiger partial charge >= 0.3 is 6.03 Å². The second-order valence-corrected chi connectivity index (χ2v) is 8.40. The van der Waals surface area contributed by atoms with Crippen molar-refractivity contribution in [1.82, 2.24) is 15.5 Å². The van der Waals surface area contributed by atoms with Gasteiger partial charge in [-0.2, -0.15) is 0 Å². The molecule has 1 aliphatic carbocycles. The highest BCUT2D eigenvalue weighted by Gasteiger charge is 2.42. The molecular formula is C19H31N3O3. The van der Waals surface area contributed by atoms with Gasteiger partial charge in [0.1, 0.15) is 0 Å². The summed E-state index contributed by atoms with van der Waals surface area (Å²) in [5.41, 5.74) is 0.0271. The normalized spacial score (nSPS) is 35.0. The zero-order valence-corrected chi connectivity index (χ0v) is 15.1. The first-order chi connectivity index (χ1) is 12.2. The summed E-state index contributed by atoms with van der Waals surface area (Å²) in [6.45, 7) is 2.29. The van der Waals surface area contributed by atoms with Crippen LogP contribution < -0.4 is 10.6 Å². The molecule has 4 aliphatic rings. The van der Waals surface area contributed by atoms with Gasteiger partial charge in [0.05, 0.1) is 5.60 Å². The van der Waals surface area contributed by atoms with Gasteiger partial charge < -0.3 is 20.3 Å². The van der Waals surface area contributed by atoms with Crippen molar-refractivity contribution in [3.8, 4) is 0 Å². The molecule has 0 aromatic rings. The number of rotatable bonds is 2. The van der Waals surface area contributed by atoms with Gasteiger partial charge in [0.2, 0.25) is 5.91 Å². The fourth-order valence-electron chi connectivity index (χ4n) is 5.38. The Morgan fingerprint density at radius 3 is 2.80 bits per heavy atom. The van der Waals surface area contributed by atoms with Gasteiger partial charge in [0.15, 0.2) is 0 Å². The van der Waals surface area contributed by atoms with E-state index in [9.17, 15) is 9.59 Å². The van der Waals surface area contributed by atoms with Crippen LogP contribution in [0.1, 0.15) is 64.2 Å². The number of likely N-dealkylation sites (tertiary alicyclic amines) is 1. The molecule has 3 amide bonds. The third-order valence-electron chi connectivity index (χ3n) is 6.70. The van der Waals surface area contributed by atoms with Crippen molar-refractivity contribution in [3.05, 3.63) is 0 Å². The van der Waals surface area contributed by atoms with E-state index >= 15 is 0 Å². The van der Waals surface area contributed by atoms with Crippen LogP contribution >= 0.6 is 0 Å². The average molecular weight is 349 g/mol. The van der Waals surface area contributed by atoms with Gasteiger partial charge in [-0.3, -0.25) is 4.79 Å². The first kappa shape index (κ1) is 17.1. The van der Waals surface area contributed by atoms with Crippen molar-refractivity contribution < 1.29 is 14.3 Å². The maximum Gasteiger partial charge on any atom is 0.317 e. The number of ether oxygens (including phenoxy) is 1. The Labute approximate surface area is 150 Å². The molecule has 25 heavy (non-hydrogen) atoms.